The van der Waals surface area contributed by atoms with Crippen molar-refractivity contribution in [2.75, 3.05) is 4.90 Å². The number of thiocarbonyl (C=S) groups is 1. The number of halogens is 1. The van der Waals surface area contributed by atoms with Crippen LogP contribution in [-0.4, -0.2) is 10.2 Å². The predicted molar refractivity (Wildman–Crippen MR) is 72.4 cm³/mol. The second-order valence-corrected chi connectivity index (χ2v) is 4.93. The lowest BCUT2D eigenvalue weighted by Crippen LogP contribution is -2.27. The fourth-order valence-electron chi connectivity index (χ4n) is 1.43. The molecular formula is C12H8FNOS2. The van der Waals surface area contributed by atoms with E-state index in [2.05, 4.69) is 6.58 Å². The zero-order chi connectivity index (χ0) is 12.4. The van der Waals surface area contributed by atoms with Crippen molar-refractivity contribution >= 4 is 39.9 Å². The van der Waals surface area contributed by atoms with Gasteiger partial charge in [0.25, 0.3) is 5.91 Å². The lowest BCUT2D eigenvalue weighted by Gasteiger charge is -2.14. The van der Waals surface area contributed by atoms with Crippen LogP contribution in [0.3, 0.4) is 0 Å². The fourth-order valence-corrected chi connectivity index (χ4v) is 2.69. The molecule has 0 bridgehead atoms. The van der Waals surface area contributed by atoms with Crippen LogP contribution >= 0.6 is 24.0 Å². The van der Waals surface area contributed by atoms with Crippen LogP contribution in [0, 0.1) is 5.82 Å². The van der Waals surface area contributed by atoms with Gasteiger partial charge in [-0.3, -0.25) is 9.69 Å². The molecule has 1 heterocycles. The third-order valence-electron chi connectivity index (χ3n) is 2.13. The normalized spacial score (nSPS) is 17.9. The van der Waals surface area contributed by atoms with Gasteiger partial charge in [-0.1, -0.05) is 42.7 Å². The highest BCUT2D eigenvalue weighted by atomic mass is 32.2. The maximum absolute atomic E-state index is 13.1. The van der Waals surface area contributed by atoms with Gasteiger partial charge in [-0.2, -0.15) is 0 Å². The third-order valence-corrected chi connectivity index (χ3v) is 3.45. The van der Waals surface area contributed by atoms with Crippen LogP contribution in [0.1, 0.15) is 0 Å². The van der Waals surface area contributed by atoms with Crippen LogP contribution in [0.15, 0.2) is 47.9 Å². The van der Waals surface area contributed by atoms with E-state index in [1.54, 1.807) is 18.2 Å². The lowest BCUT2D eigenvalue weighted by molar-refractivity contribution is -0.113. The Morgan fingerprint density at radius 3 is 2.88 bits per heavy atom. The number of thioether (sulfide) groups is 1. The summed E-state index contributed by atoms with van der Waals surface area (Å²) in [6.45, 7) is 3.53. The van der Waals surface area contributed by atoms with E-state index >= 15 is 0 Å². The maximum atomic E-state index is 13.1. The van der Waals surface area contributed by atoms with Gasteiger partial charge >= 0.3 is 0 Å². The largest absolute Gasteiger partial charge is 0.270 e. The molecule has 2 nitrogen and oxygen atoms in total. The van der Waals surface area contributed by atoms with E-state index in [9.17, 15) is 9.18 Å². The molecular weight excluding hydrogens is 257 g/mol. The molecule has 1 saturated heterocycles. The van der Waals surface area contributed by atoms with Gasteiger partial charge < -0.3 is 0 Å². The highest BCUT2D eigenvalue weighted by Crippen LogP contribution is 2.34. The van der Waals surface area contributed by atoms with E-state index < -0.39 is 5.82 Å². The van der Waals surface area contributed by atoms with Crippen molar-refractivity contribution in [1.29, 1.82) is 0 Å². The highest BCUT2D eigenvalue weighted by Gasteiger charge is 2.32. The molecule has 0 N–H and O–H groups in total. The first kappa shape index (κ1) is 12.0. The molecule has 0 aliphatic carbocycles. The Morgan fingerprint density at radius 2 is 2.24 bits per heavy atom. The fraction of sp³-hybridized carbons (Fsp3) is 0. The quantitative estimate of drug-likeness (QED) is 0.604. The third kappa shape index (κ3) is 2.30. The highest BCUT2D eigenvalue weighted by molar-refractivity contribution is 8.27. The topological polar surface area (TPSA) is 20.3 Å². The molecule has 1 amide bonds. The molecule has 1 aliphatic rings. The number of rotatable bonds is 2. The molecule has 0 spiro atoms. The minimum atomic E-state index is -0.399. The Hall–Kier alpha value is -1.46. The van der Waals surface area contributed by atoms with Crippen molar-refractivity contribution in [3.63, 3.8) is 0 Å². The summed E-state index contributed by atoms with van der Waals surface area (Å²) in [5.74, 6) is -0.644. The molecule has 17 heavy (non-hydrogen) atoms. The first-order chi connectivity index (χ1) is 8.13. The van der Waals surface area contributed by atoms with Crippen molar-refractivity contribution in [2.45, 2.75) is 0 Å². The van der Waals surface area contributed by atoms with Crippen LogP contribution < -0.4 is 4.90 Å². The van der Waals surface area contributed by atoms with Gasteiger partial charge in [-0.05, 0) is 24.3 Å². The second-order valence-electron chi connectivity index (χ2n) is 3.26. The maximum Gasteiger partial charge on any atom is 0.270 e. The predicted octanol–water partition coefficient (Wildman–Crippen LogP) is 3.26. The Bertz CT molecular complexity index is 539. The van der Waals surface area contributed by atoms with Gasteiger partial charge in [-0.25, -0.2) is 4.39 Å². The lowest BCUT2D eigenvalue weighted by atomic mass is 10.3. The molecule has 0 saturated carbocycles. The Morgan fingerprint density at radius 1 is 1.47 bits per heavy atom. The molecule has 0 atom stereocenters. The first-order valence-corrected chi connectivity index (χ1v) is 6.00. The van der Waals surface area contributed by atoms with E-state index in [1.165, 1.54) is 34.9 Å². The summed E-state index contributed by atoms with van der Waals surface area (Å²) in [5.41, 5.74) is 0.444. The smallest absolute Gasteiger partial charge is 0.268 e. The Balaban J connectivity index is 2.40. The van der Waals surface area contributed by atoms with Crippen LogP contribution in [-0.2, 0) is 4.79 Å². The number of carbonyl (C=O) groups excluding carboxylic acids is 1. The first-order valence-electron chi connectivity index (χ1n) is 4.78. The zero-order valence-electron chi connectivity index (χ0n) is 8.72. The molecule has 5 heteroatoms. The standard InChI is InChI=1S/C12H8FNOS2/c1-2-4-10-11(15)14(12(16)17-10)9-6-3-5-8(13)7-9/h2-7H,1H2. The minimum absolute atomic E-state index is 0.245. The van der Waals surface area contributed by atoms with Gasteiger partial charge in [-0.15, -0.1) is 0 Å². The SMILES string of the molecule is C=CC=C1SC(=S)N(c2cccc(F)c2)C1=O. The van der Waals surface area contributed by atoms with Gasteiger partial charge in [0.05, 0.1) is 10.6 Å². The van der Waals surface area contributed by atoms with Crippen molar-refractivity contribution in [3.05, 3.63) is 53.7 Å². The summed E-state index contributed by atoms with van der Waals surface area (Å²) in [4.78, 5) is 13.8. The van der Waals surface area contributed by atoms with Crippen LogP contribution in [0.5, 0.6) is 0 Å². The van der Waals surface area contributed by atoms with Gasteiger partial charge in [0.15, 0.2) is 4.32 Å². The van der Waals surface area contributed by atoms with E-state index in [1.807, 2.05) is 0 Å². The zero-order valence-corrected chi connectivity index (χ0v) is 10.4. The molecule has 1 fully saturated rings. The number of anilines is 1. The van der Waals surface area contributed by atoms with Crippen LogP contribution in [0.25, 0.3) is 0 Å². The Labute approximate surface area is 108 Å². The van der Waals surface area contributed by atoms with Crippen LogP contribution in [0.4, 0.5) is 10.1 Å². The number of amides is 1. The summed E-state index contributed by atoms with van der Waals surface area (Å²) in [6, 6.07) is 5.79. The van der Waals surface area contributed by atoms with Crippen molar-refractivity contribution in [1.82, 2.24) is 0 Å². The molecule has 0 radical (unpaired) electrons. The van der Waals surface area contributed by atoms with Crippen molar-refractivity contribution in [3.8, 4) is 0 Å². The molecule has 1 aliphatic heterocycles. The minimum Gasteiger partial charge on any atom is -0.268 e. The summed E-state index contributed by atoms with van der Waals surface area (Å²) in [7, 11) is 0. The van der Waals surface area contributed by atoms with E-state index in [4.69, 9.17) is 12.2 Å². The number of nitrogens with zero attached hydrogens (tertiary/aromatic N) is 1. The number of hydrogen-bond donors (Lipinski definition) is 0. The second kappa shape index (κ2) is 4.81. The average Bonchev–Trinajstić information content (AvgIpc) is 2.55. The summed E-state index contributed by atoms with van der Waals surface area (Å²) in [5, 5.41) is 0. The summed E-state index contributed by atoms with van der Waals surface area (Å²) in [6.07, 6.45) is 3.12. The van der Waals surface area contributed by atoms with Crippen LogP contribution in [0.2, 0.25) is 0 Å². The molecule has 0 unspecified atom stereocenters. The molecule has 2 rings (SSSR count). The number of benzene rings is 1. The van der Waals surface area contributed by atoms with E-state index in [0.29, 0.717) is 14.9 Å². The monoisotopic (exact) mass is 265 g/mol. The number of carbonyl (C=O) groups is 1. The Kier molecular flexibility index (Phi) is 3.40. The molecule has 1 aromatic rings. The number of allylic oxidation sites excluding steroid dienone is 2. The molecule has 0 aromatic heterocycles. The average molecular weight is 265 g/mol. The van der Waals surface area contributed by atoms with E-state index in [0.717, 1.165) is 0 Å². The van der Waals surface area contributed by atoms with Crippen molar-refractivity contribution in [2.24, 2.45) is 0 Å². The summed E-state index contributed by atoms with van der Waals surface area (Å²) < 4.78 is 13.5. The van der Waals surface area contributed by atoms with Gasteiger partial charge in [0, 0.05) is 0 Å². The molecule has 1 aromatic carbocycles. The molecule has 86 valence electrons. The van der Waals surface area contributed by atoms with Crippen molar-refractivity contribution < 1.29 is 9.18 Å². The summed E-state index contributed by atoms with van der Waals surface area (Å²) >= 11 is 6.29. The van der Waals surface area contributed by atoms with E-state index in [-0.39, 0.29) is 5.91 Å². The van der Waals surface area contributed by atoms with Gasteiger partial charge in [0.1, 0.15) is 5.82 Å². The van der Waals surface area contributed by atoms with Gasteiger partial charge in [0.2, 0.25) is 0 Å². The number of hydrogen-bond acceptors (Lipinski definition) is 3.